The van der Waals surface area contributed by atoms with Crippen LogP contribution in [0.3, 0.4) is 0 Å². The van der Waals surface area contributed by atoms with Gasteiger partial charge in [0.15, 0.2) is 0 Å². The van der Waals surface area contributed by atoms with E-state index in [1.165, 1.54) is 23.5 Å². The van der Waals surface area contributed by atoms with Crippen LogP contribution in [0, 0.1) is 0 Å². The second kappa shape index (κ2) is 10.0. The van der Waals surface area contributed by atoms with Gasteiger partial charge in [0.25, 0.3) is 0 Å². The highest BCUT2D eigenvalue weighted by Crippen LogP contribution is 2.20. The zero-order valence-corrected chi connectivity index (χ0v) is 18.8. The number of nitrogens with two attached hydrogens (primary N) is 1. The number of hydrogen-bond donors (Lipinski definition) is 2. The molecule has 0 amide bonds. The van der Waals surface area contributed by atoms with Crippen molar-refractivity contribution < 1.29 is 18.3 Å². The minimum atomic E-state index is -3.75. The Morgan fingerprint density at radius 1 is 1.26 bits per heavy atom. The molecule has 0 saturated heterocycles. The van der Waals surface area contributed by atoms with Crippen molar-refractivity contribution in [2.24, 2.45) is 5.14 Å². The Hall–Kier alpha value is -2.75. The largest absolute Gasteiger partial charge is 0.478 e. The Labute approximate surface area is 185 Å². The molecule has 1 aromatic carbocycles. The van der Waals surface area contributed by atoms with E-state index in [9.17, 15) is 18.3 Å². The van der Waals surface area contributed by atoms with Crippen molar-refractivity contribution in [1.29, 1.82) is 0 Å². The molecule has 0 fully saturated rings. The monoisotopic (exact) mass is 459 g/mol. The quantitative estimate of drug-likeness (QED) is 0.449. The lowest BCUT2D eigenvalue weighted by Crippen LogP contribution is -2.12. The van der Waals surface area contributed by atoms with Crippen LogP contribution in [0.2, 0.25) is 0 Å². The smallest absolute Gasteiger partial charge is 0.332 e. The number of aliphatic carboxylic acids is 1. The minimum absolute atomic E-state index is 0.0531. The molecule has 0 aliphatic rings. The summed E-state index contributed by atoms with van der Waals surface area (Å²) in [4.78, 5) is 17.4. The van der Waals surface area contributed by atoms with Crippen LogP contribution in [-0.4, -0.2) is 29.0 Å². The number of thiophene rings is 1. The number of carbonyl (C=O) groups is 1. The zero-order chi connectivity index (χ0) is 22.4. The number of rotatable bonds is 10. The van der Waals surface area contributed by atoms with Crippen LogP contribution in [0.1, 0.15) is 41.7 Å². The molecule has 0 bridgehead atoms. The van der Waals surface area contributed by atoms with E-state index in [0.29, 0.717) is 18.7 Å². The van der Waals surface area contributed by atoms with Crippen molar-refractivity contribution in [3.8, 4) is 0 Å². The van der Waals surface area contributed by atoms with Crippen molar-refractivity contribution in [2.75, 3.05) is 0 Å². The maximum absolute atomic E-state index is 11.8. The summed E-state index contributed by atoms with van der Waals surface area (Å²) in [5, 5.41) is 16.8. The fraction of sp³-hybridized carbons (Fsp3) is 0.273. The van der Waals surface area contributed by atoms with Gasteiger partial charge in [0.05, 0.1) is 16.8 Å². The van der Waals surface area contributed by atoms with E-state index in [1.54, 1.807) is 24.4 Å². The summed E-state index contributed by atoms with van der Waals surface area (Å²) in [7, 11) is -3.75. The number of aromatic nitrogens is 2. The summed E-state index contributed by atoms with van der Waals surface area (Å²) in [6.45, 7) is 2.55. The molecule has 3 rings (SSSR count). The van der Waals surface area contributed by atoms with Gasteiger partial charge in [-0.2, -0.15) is 0 Å². The second-order valence-electron chi connectivity index (χ2n) is 7.21. The normalized spacial score (nSPS) is 12.3. The molecular weight excluding hydrogens is 434 g/mol. The molecule has 0 aliphatic heterocycles. The van der Waals surface area contributed by atoms with Gasteiger partial charge in [-0.15, -0.1) is 11.3 Å². The third-order valence-electron chi connectivity index (χ3n) is 4.86. The van der Waals surface area contributed by atoms with E-state index in [-0.39, 0.29) is 10.5 Å². The van der Waals surface area contributed by atoms with Crippen molar-refractivity contribution in [1.82, 2.24) is 9.55 Å². The Kier molecular flexibility index (Phi) is 7.42. The van der Waals surface area contributed by atoms with Crippen molar-refractivity contribution in [3.05, 3.63) is 75.5 Å². The molecule has 0 aliphatic carbocycles. The summed E-state index contributed by atoms with van der Waals surface area (Å²) in [5.41, 5.74) is 1.86. The average molecular weight is 460 g/mol. The fourth-order valence-corrected chi connectivity index (χ4v) is 4.44. The topological polar surface area (TPSA) is 115 Å². The summed E-state index contributed by atoms with van der Waals surface area (Å²) in [5.74, 6) is -0.0988. The van der Waals surface area contributed by atoms with E-state index < -0.39 is 16.0 Å². The van der Waals surface area contributed by atoms with Crippen LogP contribution >= 0.6 is 11.3 Å². The molecule has 2 aromatic heterocycles. The molecule has 0 unspecified atom stereocenters. The van der Waals surface area contributed by atoms with Gasteiger partial charge in [-0.05, 0) is 41.6 Å². The third kappa shape index (κ3) is 6.13. The Morgan fingerprint density at radius 2 is 2.00 bits per heavy atom. The first-order valence-corrected chi connectivity index (χ1v) is 12.3. The molecule has 7 nitrogen and oxygen atoms in total. The van der Waals surface area contributed by atoms with E-state index in [1.807, 2.05) is 22.1 Å². The number of benzene rings is 1. The highest BCUT2D eigenvalue weighted by Gasteiger charge is 2.15. The SMILES string of the molecule is CCCCc1ncc(/C=C(\Cc2cccs2)C(=O)O)n1Cc1ccc(S(N)(=O)=O)cc1. The number of imidazole rings is 1. The standard InChI is InChI=1S/C22H25N3O4S2/c1-2-3-6-21-24-14-18(12-17(22(26)27)13-19-5-4-11-30-19)25(21)15-16-7-9-20(10-8-16)31(23,28)29/h4-5,7-12,14H,2-3,6,13,15H2,1H3,(H,26,27)(H2,23,28,29)/b17-12+. The Bertz CT molecular complexity index is 1160. The van der Waals surface area contributed by atoms with Crippen LogP contribution in [0.5, 0.6) is 0 Å². The van der Waals surface area contributed by atoms with Crippen LogP contribution in [0.15, 0.2) is 58.4 Å². The van der Waals surface area contributed by atoms with Gasteiger partial charge in [-0.1, -0.05) is 31.5 Å². The second-order valence-corrected chi connectivity index (χ2v) is 9.80. The number of primary sulfonamides is 1. The van der Waals surface area contributed by atoms with Crippen molar-refractivity contribution in [2.45, 2.75) is 44.0 Å². The molecule has 0 spiro atoms. The number of hydrogen-bond acceptors (Lipinski definition) is 5. The molecule has 164 valence electrons. The average Bonchev–Trinajstić information content (AvgIpc) is 3.36. The lowest BCUT2D eigenvalue weighted by molar-refractivity contribution is -0.132. The summed E-state index contributed by atoms with van der Waals surface area (Å²) in [6.07, 6.45) is 6.45. The molecule has 3 N–H and O–H groups in total. The maximum atomic E-state index is 11.8. The summed E-state index contributed by atoms with van der Waals surface area (Å²) in [6, 6.07) is 10.2. The zero-order valence-electron chi connectivity index (χ0n) is 17.2. The van der Waals surface area contributed by atoms with E-state index in [2.05, 4.69) is 11.9 Å². The van der Waals surface area contributed by atoms with Crippen molar-refractivity contribution in [3.63, 3.8) is 0 Å². The predicted molar refractivity (Wildman–Crippen MR) is 121 cm³/mol. The molecular formula is C22H25N3O4S2. The Morgan fingerprint density at radius 3 is 2.58 bits per heavy atom. The first-order chi connectivity index (χ1) is 14.8. The molecule has 2 heterocycles. The predicted octanol–water partition coefficient (Wildman–Crippen LogP) is 3.69. The Balaban J connectivity index is 1.95. The first-order valence-electron chi connectivity index (χ1n) is 9.90. The maximum Gasteiger partial charge on any atom is 0.332 e. The van der Waals surface area contributed by atoms with Crippen molar-refractivity contribution >= 4 is 33.4 Å². The number of aryl methyl sites for hydroxylation is 1. The number of unbranched alkanes of at least 4 members (excludes halogenated alkanes) is 1. The lowest BCUT2D eigenvalue weighted by atomic mass is 10.1. The molecule has 0 atom stereocenters. The van der Waals surface area contributed by atoms with E-state index in [0.717, 1.165) is 35.5 Å². The molecule has 0 radical (unpaired) electrons. The molecule has 9 heteroatoms. The highest BCUT2D eigenvalue weighted by molar-refractivity contribution is 7.89. The van der Waals surface area contributed by atoms with Gasteiger partial charge in [-0.3, -0.25) is 0 Å². The first kappa shape index (κ1) is 22.9. The number of nitrogens with zero attached hydrogens (tertiary/aromatic N) is 2. The van der Waals surface area contributed by atoms with E-state index in [4.69, 9.17) is 5.14 Å². The summed E-state index contributed by atoms with van der Waals surface area (Å²) < 4.78 is 25.0. The number of sulfonamides is 1. The molecule has 31 heavy (non-hydrogen) atoms. The molecule has 0 saturated carbocycles. The van der Waals surface area contributed by atoms with E-state index >= 15 is 0 Å². The third-order valence-corrected chi connectivity index (χ3v) is 6.66. The fourth-order valence-electron chi connectivity index (χ4n) is 3.20. The molecule has 3 aromatic rings. The van der Waals surface area contributed by atoms with Crippen LogP contribution in [-0.2, 0) is 34.2 Å². The van der Waals surface area contributed by atoms with Gasteiger partial charge < -0.3 is 9.67 Å². The van der Waals surface area contributed by atoms with Gasteiger partial charge in [-0.25, -0.2) is 23.3 Å². The summed E-state index contributed by atoms with van der Waals surface area (Å²) >= 11 is 1.52. The van der Waals surface area contributed by atoms with Crippen LogP contribution < -0.4 is 5.14 Å². The number of carboxylic acids is 1. The van der Waals surface area contributed by atoms with Gasteiger partial charge in [0.2, 0.25) is 10.0 Å². The number of carboxylic acid groups (broad SMARTS) is 1. The van der Waals surface area contributed by atoms with Gasteiger partial charge in [0, 0.05) is 29.8 Å². The lowest BCUT2D eigenvalue weighted by Gasteiger charge is -2.12. The minimum Gasteiger partial charge on any atom is -0.478 e. The van der Waals surface area contributed by atoms with Gasteiger partial charge in [0.1, 0.15) is 5.82 Å². The van der Waals surface area contributed by atoms with Gasteiger partial charge >= 0.3 is 5.97 Å². The highest BCUT2D eigenvalue weighted by atomic mass is 32.2. The van der Waals surface area contributed by atoms with Crippen LogP contribution in [0.25, 0.3) is 6.08 Å². The van der Waals surface area contributed by atoms with Crippen LogP contribution in [0.4, 0.5) is 0 Å².